The van der Waals surface area contributed by atoms with Gasteiger partial charge in [-0.3, -0.25) is 4.79 Å². The van der Waals surface area contributed by atoms with E-state index in [1.807, 2.05) is 12.1 Å². The number of carbonyl (C=O) groups is 1. The highest BCUT2D eigenvalue weighted by molar-refractivity contribution is 6.36. The summed E-state index contributed by atoms with van der Waals surface area (Å²) < 4.78 is 0. The van der Waals surface area contributed by atoms with Crippen molar-refractivity contribution in [2.45, 2.75) is 38.0 Å². The van der Waals surface area contributed by atoms with Crippen molar-refractivity contribution < 1.29 is 4.79 Å². The van der Waals surface area contributed by atoms with Gasteiger partial charge in [-0.1, -0.05) is 46.9 Å². The molecule has 1 fully saturated rings. The van der Waals surface area contributed by atoms with E-state index in [9.17, 15) is 4.79 Å². The van der Waals surface area contributed by atoms with Crippen LogP contribution in [0.1, 0.15) is 53.9 Å². The molecule has 0 radical (unpaired) electrons. The van der Waals surface area contributed by atoms with E-state index >= 15 is 0 Å². The van der Waals surface area contributed by atoms with E-state index in [1.165, 1.54) is 18.4 Å². The molecule has 0 atom stereocenters. The lowest BCUT2D eigenvalue weighted by atomic mass is 9.89. The first-order chi connectivity index (χ1) is 13.0. The lowest BCUT2D eigenvalue weighted by Crippen LogP contribution is -2.33. The van der Waals surface area contributed by atoms with Crippen molar-refractivity contribution >= 4 is 53.0 Å². The van der Waals surface area contributed by atoms with Gasteiger partial charge in [-0.05, 0) is 87.1 Å². The molecule has 0 N–H and O–H groups in total. The van der Waals surface area contributed by atoms with E-state index < -0.39 is 0 Å². The summed E-state index contributed by atoms with van der Waals surface area (Å²) in [5.74, 6) is 0.727. The number of piperidine rings is 1. The summed E-state index contributed by atoms with van der Waals surface area (Å²) in [6, 6.07) is 13.3. The minimum absolute atomic E-state index is 0. The van der Waals surface area contributed by atoms with Crippen LogP contribution in [0.25, 0.3) is 0 Å². The maximum absolute atomic E-state index is 12.3. The smallest absolute Gasteiger partial charge is 0.164 e. The fourth-order valence-electron chi connectivity index (χ4n) is 3.70. The number of nitrogens with zero attached hydrogens (tertiary/aromatic N) is 1. The fraction of sp³-hybridized carbons (Fsp3) is 0.409. The number of hydrogen-bond donors (Lipinski definition) is 0. The van der Waals surface area contributed by atoms with E-state index in [2.05, 4.69) is 17.0 Å². The lowest BCUT2D eigenvalue weighted by molar-refractivity contribution is 0.0977. The highest BCUT2D eigenvalue weighted by Gasteiger charge is 2.20. The molecule has 28 heavy (non-hydrogen) atoms. The Morgan fingerprint density at radius 1 is 0.929 bits per heavy atom. The van der Waals surface area contributed by atoms with Crippen LogP contribution >= 0.6 is 47.2 Å². The number of carbonyl (C=O) groups excluding carboxylic acids is 1. The Labute approximate surface area is 188 Å². The third-order valence-corrected chi connectivity index (χ3v) is 6.09. The van der Waals surface area contributed by atoms with E-state index in [1.54, 1.807) is 18.2 Å². The molecule has 3 rings (SSSR count). The number of Topliss-reactive ketones (excluding diaryl/α,β-unsaturated/α-hetero) is 1. The first kappa shape index (κ1) is 23.5. The van der Waals surface area contributed by atoms with Crippen molar-refractivity contribution in [1.29, 1.82) is 0 Å². The van der Waals surface area contributed by atoms with Crippen molar-refractivity contribution in [3.8, 4) is 0 Å². The third-order valence-electron chi connectivity index (χ3n) is 5.29. The van der Waals surface area contributed by atoms with E-state index in [-0.39, 0.29) is 18.2 Å². The minimum atomic E-state index is 0. The second kappa shape index (κ2) is 11.4. The number of ketones is 1. The van der Waals surface area contributed by atoms with Crippen molar-refractivity contribution in [2.24, 2.45) is 0 Å². The van der Waals surface area contributed by atoms with Gasteiger partial charge in [0.15, 0.2) is 5.78 Å². The van der Waals surface area contributed by atoms with Crippen LogP contribution in [0.2, 0.25) is 15.1 Å². The number of benzene rings is 2. The van der Waals surface area contributed by atoms with Gasteiger partial charge in [-0.2, -0.15) is 0 Å². The Bertz CT molecular complexity index is 771. The monoisotopic (exact) mass is 459 g/mol. The quantitative estimate of drug-likeness (QED) is 0.319. The first-order valence-corrected chi connectivity index (χ1v) is 10.6. The van der Waals surface area contributed by atoms with Crippen LogP contribution in [-0.4, -0.2) is 30.3 Å². The minimum Gasteiger partial charge on any atom is -0.303 e. The number of halogens is 4. The normalized spacial score (nSPS) is 15.2. The van der Waals surface area contributed by atoms with Gasteiger partial charge in [-0.15, -0.1) is 12.4 Å². The third kappa shape index (κ3) is 6.64. The van der Waals surface area contributed by atoms with Crippen LogP contribution in [0, 0.1) is 0 Å². The van der Waals surface area contributed by atoms with Gasteiger partial charge in [0.1, 0.15) is 0 Å². The molecule has 0 aromatic heterocycles. The van der Waals surface area contributed by atoms with Crippen LogP contribution in [0.3, 0.4) is 0 Å². The molecule has 0 spiro atoms. The van der Waals surface area contributed by atoms with Gasteiger partial charge in [0.2, 0.25) is 0 Å². The van der Waals surface area contributed by atoms with Crippen LogP contribution < -0.4 is 0 Å². The molecule has 0 unspecified atom stereocenters. The number of unbranched alkanes of at least 4 members (excludes halogenated alkanes) is 1. The van der Waals surface area contributed by atoms with Crippen molar-refractivity contribution in [3.05, 3.63) is 68.7 Å². The summed E-state index contributed by atoms with van der Waals surface area (Å²) in [5, 5.41) is 1.79. The maximum Gasteiger partial charge on any atom is 0.164 e. The zero-order valence-corrected chi connectivity index (χ0v) is 18.8. The van der Waals surface area contributed by atoms with E-state index in [4.69, 9.17) is 34.8 Å². The van der Waals surface area contributed by atoms with Crippen molar-refractivity contribution in [3.63, 3.8) is 0 Å². The molecule has 1 aliphatic heterocycles. The van der Waals surface area contributed by atoms with Crippen LogP contribution in [0.4, 0.5) is 0 Å². The molecule has 0 aliphatic carbocycles. The Kier molecular flexibility index (Phi) is 9.59. The van der Waals surface area contributed by atoms with Crippen LogP contribution in [0.5, 0.6) is 0 Å². The zero-order chi connectivity index (χ0) is 19.2. The molecule has 1 aliphatic rings. The number of likely N-dealkylation sites (tertiary alicyclic amines) is 1. The standard InChI is InChI=1S/C22H24Cl3NO.ClH/c23-18-6-4-16(5-7-18)17-10-13-26(14-11-17)12-2-1-3-22(27)20-9-8-19(24)15-21(20)25;/h4-9,15,17H,1-3,10-14H2;1H. The highest BCUT2D eigenvalue weighted by Crippen LogP contribution is 2.29. The number of hydrogen-bond acceptors (Lipinski definition) is 2. The summed E-state index contributed by atoms with van der Waals surface area (Å²) >= 11 is 18.0. The molecule has 2 nitrogen and oxygen atoms in total. The second-order valence-electron chi connectivity index (χ2n) is 7.17. The summed E-state index contributed by atoms with van der Waals surface area (Å²) in [5.41, 5.74) is 1.97. The summed E-state index contributed by atoms with van der Waals surface area (Å²) in [7, 11) is 0. The molecular weight excluding hydrogens is 436 g/mol. The van der Waals surface area contributed by atoms with Gasteiger partial charge < -0.3 is 4.90 Å². The predicted octanol–water partition coefficient (Wildman–Crippen LogP) is 7.30. The van der Waals surface area contributed by atoms with Crippen molar-refractivity contribution in [2.75, 3.05) is 19.6 Å². The van der Waals surface area contributed by atoms with E-state index in [0.717, 1.165) is 37.5 Å². The average molecular weight is 461 g/mol. The average Bonchev–Trinajstić information content (AvgIpc) is 2.66. The molecule has 1 heterocycles. The van der Waals surface area contributed by atoms with Crippen LogP contribution in [-0.2, 0) is 0 Å². The Balaban J connectivity index is 0.00000280. The molecule has 1 saturated heterocycles. The Morgan fingerprint density at radius 3 is 2.21 bits per heavy atom. The fourth-order valence-corrected chi connectivity index (χ4v) is 4.34. The van der Waals surface area contributed by atoms with Crippen molar-refractivity contribution in [1.82, 2.24) is 4.90 Å². The molecule has 2 aromatic carbocycles. The summed E-state index contributed by atoms with van der Waals surface area (Å²) in [4.78, 5) is 14.8. The molecule has 2 aromatic rings. The largest absolute Gasteiger partial charge is 0.303 e. The maximum atomic E-state index is 12.3. The topological polar surface area (TPSA) is 20.3 Å². The summed E-state index contributed by atoms with van der Waals surface area (Å²) in [6.45, 7) is 3.28. The molecule has 0 saturated carbocycles. The molecular formula is C22H25Cl4NO. The lowest BCUT2D eigenvalue weighted by Gasteiger charge is -2.32. The van der Waals surface area contributed by atoms with Gasteiger partial charge in [0.25, 0.3) is 0 Å². The highest BCUT2D eigenvalue weighted by atomic mass is 35.5. The molecule has 0 amide bonds. The van der Waals surface area contributed by atoms with Gasteiger partial charge >= 0.3 is 0 Å². The Morgan fingerprint density at radius 2 is 1.57 bits per heavy atom. The van der Waals surface area contributed by atoms with Crippen LogP contribution in [0.15, 0.2) is 42.5 Å². The second-order valence-corrected chi connectivity index (χ2v) is 8.45. The SMILES string of the molecule is Cl.O=C(CCCCN1CCC(c2ccc(Cl)cc2)CC1)c1ccc(Cl)cc1Cl. The zero-order valence-electron chi connectivity index (χ0n) is 15.7. The molecule has 0 bridgehead atoms. The molecule has 6 heteroatoms. The Hall–Kier alpha value is -0.770. The van der Waals surface area contributed by atoms with Gasteiger partial charge in [0.05, 0.1) is 5.02 Å². The van der Waals surface area contributed by atoms with E-state index in [0.29, 0.717) is 27.9 Å². The predicted molar refractivity (Wildman–Crippen MR) is 122 cm³/mol. The summed E-state index contributed by atoms with van der Waals surface area (Å²) in [6.07, 6.45) is 4.81. The number of rotatable bonds is 7. The first-order valence-electron chi connectivity index (χ1n) is 9.49. The van der Waals surface area contributed by atoms with Gasteiger partial charge in [0, 0.05) is 22.0 Å². The van der Waals surface area contributed by atoms with Gasteiger partial charge in [-0.25, -0.2) is 0 Å². The molecule has 152 valence electrons.